The van der Waals surface area contributed by atoms with Crippen LogP contribution in [-0.4, -0.2) is 18.8 Å². The summed E-state index contributed by atoms with van der Waals surface area (Å²) in [6.07, 6.45) is 2.02. The van der Waals surface area contributed by atoms with Gasteiger partial charge in [-0.25, -0.2) is 4.79 Å². The minimum atomic E-state index is -0.194. The van der Waals surface area contributed by atoms with Crippen molar-refractivity contribution in [3.63, 3.8) is 0 Å². The number of carbonyl (C=O) groups excluding carboxylic acids is 1. The van der Waals surface area contributed by atoms with Crippen LogP contribution in [-0.2, 0) is 0 Å². The van der Waals surface area contributed by atoms with Crippen LogP contribution in [0.5, 0.6) is 0 Å². The molecule has 0 unspecified atom stereocenters. The van der Waals surface area contributed by atoms with Crippen molar-refractivity contribution in [3.8, 4) is 0 Å². The first kappa shape index (κ1) is 18.1. The SMILES string of the molecule is CSc1cccc(NC(=O)NCC(c2ccccc2)c2ccccc2)c1. The van der Waals surface area contributed by atoms with Crippen molar-refractivity contribution < 1.29 is 4.79 Å². The Balaban J connectivity index is 1.68. The zero-order valence-electron chi connectivity index (χ0n) is 14.7. The van der Waals surface area contributed by atoms with Crippen molar-refractivity contribution in [1.82, 2.24) is 5.32 Å². The van der Waals surface area contributed by atoms with Crippen molar-refractivity contribution in [2.45, 2.75) is 10.8 Å². The van der Waals surface area contributed by atoms with Crippen molar-refractivity contribution in [1.29, 1.82) is 0 Å². The van der Waals surface area contributed by atoms with Gasteiger partial charge in [0.05, 0.1) is 0 Å². The molecule has 0 atom stereocenters. The van der Waals surface area contributed by atoms with Crippen LogP contribution in [0.15, 0.2) is 89.8 Å². The van der Waals surface area contributed by atoms with E-state index in [0.717, 1.165) is 10.6 Å². The van der Waals surface area contributed by atoms with Gasteiger partial charge in [-0.2, -0.15) is 0 Å². The minimum absolute atomic E-state index is 0.112. The third-order valence-corrected chi connectivity index (χ3v) is 4.92. The zero-order valence-corrected chi connectivity index (χ0v) is 15.5. The summed E-state index contributed by atoms with van der Waals surface area (Å²) < 4.78 is 0. The molecule has 3 nitrogen and oxygen atoms in total. The van der Waals surface area contributed by atoms with Crippen molar-refractivity contribution in [3.05, 3.63) is 96.1 Å². The molecule has 0 aromatic heterocycles. The normalized spacial score (nSPS) is 10.5. The number of benzene rings is 3. The molecule has 2 amide bonds. The Labute approximate surface area is 158 Å². The molecule has 0 saturated heterocycles. The van der Waals surface area contributed by atoms with E-state index in [1.807, 2.05) is 66.9 Å². The summed E-state index contributed by atoms with van der Waals surface area (Å²) in [4.78, 5) is 13.5. The second kappa shape index (κ2) is 9.11. The van der Waals surface area contributed by atoms with Crippen LogP contribution in [0.3, 0.4) is 0 Å². The van der Waals surface area contributed by atoms with Crippen LogP contribution in [0.2, 0.25) is 0 Å². The maximum absolute atomic E-state index is 12.4. The van der Waals surface area contributed by atoms with E-state index in [1.165, 1.54) is 11.1 Å². The summed E-state index contributed by atoms with van der Waals surface area (Å²) in [6.45, 7) is 0.530. The van der Waals surface area contributed by atoms with E-state index in [4.69, 9.17) is 0 Å². The average Bonchev–Trinajstić information content (AvgIpc) is 2.70. The fraction of sp³-hybridized carbons (Fsp3) is 0.136. The maximum Gasteiger partial charge on any atom is 0.319 e. The molecule has 3 aromatic rings. The van der Waals surface area contributed by atoms with E-state index in [-0.39, 0.29) is 11.9 Å². The predicted molar refractivity (Wildman–Crippen MR) is 110 cm³/mol. The molecule has 0 bridgehead atoms. The first-order valence-electron chi connectivity index (χ1n) is 8.55. The summed E-state index contributed by atoms with van der Waals surface area (Å²) in [5.41, 5.74) is 3.16. The van der Waals surface area contributed by atoms with E-state index in [1.54, 1.807) is 11.8 Å². The molecule has 0 heterocycles. The van der Waals surface area contributed by atoms with Crippen LogP contribution >= 0.6 is 11.8 Å². The van der Waals surface area contributed by atoms with Gasteiger partial charge in [-0.3, -0.25) is 0 Å². The third-order valence-electron chi connectivity index (χ3n) is 4.20. The van der Waals surface area contributed by atoms with Gasteiger partial charge < -0.3 is 10.6 Å². The number of urea groups is 1. The first-order chi connectivity index (χ1) is 12.8. The number of nitrogens with one attached hydrogen (secondary N) is 2. The van der Waals surface area contributed by atoms with Gasteiger partial charge in [-0.15, -0.1) is 11.8 Å². The average molecular weight is 362 g/mol. The van der Waals surface area contributed by atoms with Gasteiger partial charge in [0.25, 0.3) is 0 Å². The van der Waals surface area contributed by atoms with E-state index >= 15 is 0 Å². The quantitative estimate of drug-likeness (QED) is 0.579. The van der Waals surface area contributed by atoms with Gasteiger partial charge >= 0.3 is 6.03 Å². The van der Waals surface area contributed by atoms with E-state index in [9.17, 15) is 4.79 Å². The molecule has 4 heteroatoms. The number of amides is 2. The molecule has 0 aliphatic heterocycles. The van der Waals surface area contributed by atoms with Gasteiger partial charge in [0.15, 0.2) is 0 Å². The Bertz CT molecular complexity index is 798. The molecule has 2 N–H and O–H groups in total. The van der Waals surface area contributed by atoms with Crippen LogP contribution in [0.25, 0.3) is 0 Å². The smallest absolute Gasteiger partial charge is 0.319 e. The van der Waals surface area contributed by atoms with Crippen LogP contribution in [0.1, 0.15) is 17.0 Å². The van der Waals surface area contributed by atoms with Gasteiger partial charge in [-0.05, 0) is 35.6 Å². The second-order valence-electron chi connectivity index (χ2n) is 5.94. The van der Waals surface area contributed by atoms with Crippen molar-refractivity contribution in [2.75, 3.05) is 18.1 Å². The Kier molecular flexibility index (Phi) is 6.34. The molecular formula is C22H22N2OS. The number of thioether (sulfide) groups is 1. The molecule has 132 valence electrons. The largest absolute Gasteiger partial charge is 0.337 e. The molecule has 3 rings (SSSR count). The summed E-state index contributed by atoms with van der Waals surface area (Å²) in [7, 11) is 0. The second-order valence-corrected chi connectivity index (χ2v) is 6.82. The standard InChI is InChI=1S/C22H22N2OS/c1-26-20-14-8-13-19(15-20)24-22(25)23-16-21(17-9-4-2-5-10-17)18-11-6-3-7-12-18/h2-15,21H,16H2,1H3,(H2,23,24,25). The number of carbonyl (C=O) groups is 1. The summed E-state index contributed by atoms with van der Waals surface area (Å²) in [5.74, 6) is 0.112. The van der Waals surface area contributed by atoms with Gasteiger partial charge in [-0.1, -0.05) is 66.7 Å². The molecule has 0 spiro atoms. The highest BCUT2D eigenvalue weighted by Gasteiger charge is 2.15. The van der Waals surface area contributed by atoms with Crippen molar-refractivity contribution >= 4 is 23.5 Å². The molecule has 0 aliphatic rings. The van der Waals surface area contributed by atoms with E-state index in [2.05, 4.69) is 34.9 Å². The third kappa shape index (κ3) is 4.90. The molecule has 0 fully saturated rings. The molecule has 0 radical (unpaired) electrons. The van der Waals surface area contributed by atoms with Crippen LogP contribution in [0, 0.1) is 0 Å². The zero-order chi connectivity index (χ0) is 18.2. The summed E-state index contributed by atoms with van der Waals surface area (Å²) >= 11 is 1.65. The number of rotatable bonds is 6. The van der Waals surface area contributed by atoms with Crippen molar-refractivity contribution in [2.24, 2.45) is 0 Å². The van der Waals surface area contributed by atoms with E-state index < -0.39 is 0 Å². The molecule has 3 aromatic carbocycles. The predicted octanol–water partition coefficient (Wildman–Crippen LogP) is 5.36. The highest BCUT2D eigenvalue weighted by atomic mass is 32.2. The molecule has 0 saturated carbocycles. The number of anilines is 1. The summed E-state index contributed by atoms with van der Waals surface area (Å²) in [6, 6.07) is 28.1. The topological polar surface area (TPSA) is 41.1 Å². The number of hydrogen-bond acceptors (Lipinski definition) is 2. The van der Waals surface area contributed by atoms with Gasteiger partial charge in [0, 0.05) is 23.0 Å². The fourth-order valence-corrected chi connectivity index (χ4v) is 3.33. The van der Waals surface area contributed by atoms with Gasteiger partial charge in [0.2, 0.25) is 0 Å². The first-order valence-corrected chi connectivity index (χ1v) is 9.77. The van der Waals surface area contributed by atoms with Gasteiger partial charge in [0.1, 0.15) is 0 Å². The highest BCUT2D eigenvalue weighted by molar-refractivity contribution is 7.98. The molecule has 0 aliphatic carbocycles. The monoisotopic (exact) mass is 362 g/mol. The number of hydrogen-bond donors (Lipinski definition) is 2. The lowest BCUT2D eigenvalue weighted by Gasteiger charge is -2.19. The summed E-state index contributed by atoms with van der Waals surface area (Å²) in [5, 5.41) is 5.92. The Morgan fingerprint density at radius 2 is 1.50 bits per heavy atom. The lowest BCUT2D eigenvalue weighted by Crippen LogP contribution is -2.32. The Morgan fingerprint density at radius 3 is 2.08 bits per heavy atom. The Morgan fingerprint density at radius 1 is 0.885 bits per heavy atom. The molecule has 26 heavy (non-hydrogen) atoms. The highest BCUT2D eigenvalue weighted by Crippen LogP contribution is 2.24. The van der Waals surface area contributed by atoms with E-state index in [0.29, 0.717) is 6.54 Å². The fourth-order valence-electron chi connectivity index (χ4n) is 2.87. The maximum atomic E-state index is 12.4. The molecular weight excluding hydrogens is 340 g/mol. The lowest BCUT2D eigenvalue weighted by molar-refractivity contribution is 0.252. The lowest BCUT2D eigenvalue weighted by atomic mass is 9.91. The van der Waals surface area contributed by atoms with Crippen LogP contribution in [0.4, 0.5) is 10.5 Å². The minimum Gasteiger partial charge on any atom is -0.337 e. The Hall–Kier alpha value is -2.72. The van der Waals surface area contributed by atoms with Crippen LogP contribution < -0.4 is 10.6 Å².